The van der Waals surface area contributed by atoms with Crippen LogP contribution in [0.2, 0.25) is 0 Å². The Bertz CT molecular complexity index is 567. The monoisotopic (exact) mass is 284 g/mol. The predicted molar refractivity (Wildman–Crippen MR) is 65.1 cm³/mol. The number of hydrogen-bond donors (Lipinski definition) is 1. The molecule has 2 atom stereocenters. The van der Waals surface area contributed by atoms with Crippen molar-refractivity contribution in [3.8, 4) is 5.75 Å². The zero-order valence-corrected chi connectivity index (χ0v) is 10.8. The molecule has 7 heteroatoms. The molecule has 2 aliphatic heterocycles. The number of hydrogen-bond acceptors (Lipinski definition) is 3. The molecule has 0 aromatic carbocycles. The van der Waals surface area contributed by atoms with Gasteiger partial charge in [-0.3, -0.25) is 4.98 Å². The molecular formula is C13H14F2N2O3. The number of amides is 1. The van der Waals surface area contributed by atoms with Gasteiger partial charge in [0.05, 0.1) is 12.7 Å². The van der Waals surface area contributed by atoms with E-state index >= 15 is 0 Å². The van der Waals surface area contributed by atoms with E-state index in [-0.39, 0.29) is 18.3 Å². The Labute approximate surface area is 114 Å². The largest absolute Gasteiger partial charge is 0.483 e. The van der Waals surface area contributed by atoms with Gasteiger partial charge in [0.25, 0.3) is 6.43 Å². The van der Waals surface area contributed by atoms with Crippen LogP contribution in [0.15, 0.2) is 12.3 Å². The number of nitrogens with zero attached hydrogens (tertiary/aromatic N) is 2. The lowest BCUT2D eigenvalue weighted by atomic mass is 9.94. The lowest BCUT2D eigenvalue weighted by Gasteiger charge is -2.22. The van der Waals surface area contributed by atoms with Crippen LogP contribution in [-0.4, -0.2) is 39.3 Å². The number of halogens is 2. The fourth-order valence-electron chi connectivity index (χ4n) is 3.11. The quantitative estimate of drug-likeness (QED) is 0.860. The number of alkyl halides is 2. The third-order valence-corrected chi connectivity index (χ3v) is 3.94. The number of pyridine rings is 1. The molecule has 1 spiro atoms. The van der Waals surface area contributed by atoms with Gasteiger partial charge in [-0.2, -0.15) is 0 Å². The van der Waals surface area contributed by atoms with Gasteiger partial charge in [0.1, 0.15) is 17.0 Å². The lowest BCUT2D eigenvalue weighted by Crippen LogP contribution is -2.39. The number of aromatic nitrogens is 1. The van der Waals surface area contributed by atoms with Gasteiger partial charge in [0.2, 0.25) is 0 Å². The Morgan fingerprint density at radius 3 is 3.00 bits per heavy atom. The highest BCUT2D eigenvalue weighted by molar-refractivity contribution is 5.66. The topological polar surface area (TPSA) is 62.7 Å². The highest BCUT2D eigenvalue weighted by Crippen LogP contribution is 2.42. The summed E-state index contributed by atoms with van der Waals surface area (Å²) in [6.45, 7) is 2.07. The molecule has 1 amide bonds. The second-order valence-corrected chi connectivity index (χ2v) is 5.44. The molecule has 20 heavy (non-hydrogen) atoms. The molecule has 5 nitrogen and oxygen atoms in total. The molecule has 0 bridgehead atoms. The van der Waals surface area contributed by atoms with E-state index in [2.05, 4.69) is 4.98 Å². The molecule has 2 aliphatic rings. The number of carboxylic acid groups (broad SMARTS) is 1. The first kappa shape index (κ1) is 13.1. The Kier molecular flexibility index (Phi) is 2.81. The van der Waals surface area contributed by atoms with Crippen LogP contribution in [0.25, 0.3) is 0 Å². The van der Waals surface area contributed by atoms with Crippen LogP contribution in [0.5, 0.6) is 5.75 Å². The summed E-state index contributed by atoms with van der Waals surface area (Å²) in [7, 11) is 0. The molecule has 0 radical (unpaired) electrons. The average Bonchev–Trinajstić information content (AvgIpc) is 2.87. The van der Waals surface area contributed by atoms with Crippen LogP contribution >= 0.6 is 0 Å². The number of carbonyl (C=O) groups is 1. The van der Waals surface area contributed by atoms with Crippen molar-refractivity contribution < 1.29 is 23.4 Å². The smallest absolute Gasteiger partial charge is 0.407 e. The lowest BCUT2D eigenvalue weighted by molar-refractivity contribution is 0.0960. The number of rotatable bonds is 1. The van der Waals surface area contributed by atoms with Crippen LogP contribution in [0.3, 0.4) is 0 Å². The molecule has 0 aliphatic carbocycles. The maximum atomic E-state index is 12.6. The Morgan fingerprint density at radius 2 is 2.40 bits per heavy atom. The summed E-state index contributed by atoms with van der Waals surface area (Å²) in [5.74, 6) is 0.480. The third kappa shape index (κ3) is 1.97. The number of ether oxygens (including phenoxy) is 1. The molecule has 3 heterocycles. The number of fused-ring (bicyclic) bond motifs is 1. The molecule has 1 aromatic heterocycles. The average molecular weight is 284 g/mol. The third-order valence-electron chi connectivity index (χ3n) is 3.94. The van der Waals surface area contributed by atoms with E-state index in [9.17, 15) is 13.6 Å². The minimum Gasteiger partial charge on any atom is -0.483 e. The van der Waals surface area contributed by atoms with E-state index in [1.807, 2.05) is 6.92 Å². The van der Waals surface area contributed by atoms with Crippen LogP contribution in [-0.2, 0) is 6.42 Å². The first-order chi connectivity index (χ1) is 9.40. The van der Waals surface area contributed by atoms with E-state index in [1.165, 1.54) is 17.2 Å². The van der Waals surface area contributed by atoms with Gasteiger partial charge in [-0.25, -0.2) is 13.6 Å². The molecule has 0 unspecified atom stereocenters. The highest BCUT2D eigenvalue weighted by Gasteiger charge is 2.50. The first-order valence-corrected chi connectivity index (χ1v) is 6.36. The van der Waals surface area contributed by atoms with Crippen molar-refractivity contribution in [3.63, 3.8) is 0 Å². The van der Waals surface area contributed by atoms with Crippen molar-refractivity contribution in [3.05, 3.63) is 23.5 Å². The minimum atomic E-state index is -2.62. The SMILES string of the molecule is C[C@H]1C[C@]2(Cc3cc(C(F)F)ncc3O2)CN1C(=O)O. The fourth-order valence-corrected chi connectivity index (χ4v) is 3.11. The van der Waals surface area contributed by atoms with Crippen molar-refractivity contribution in [2.24, 2.45) is 0 Å². The van der Waals surface area contributed by atoms with E-state index in [0.717, 1.165) is 0 Å². The summed E-state index contributed by atoms with van der Waals surface area (Å²) in [5.41, 5.74) is -0.233. The Morgan fingerprint density at radius 1 is 1.65 bits per heavy atom. The summed E-state index contributed by atoms with van der Waals surface area (Å²) in [5, 5.41) is 9.12. The fraction of sp³-hybridized carbons (Fsp3) is 0.538. The summed E-state index contributed by atoms with van der Waals surface area (Å²) in [4.78, 5) is 16.1. The van der Waals surface area contributed by atoms with Gasteiger partial charge >= 0.3 is 6.09 Å². The maximum Gasteiger partial charge on any atom is 0.407 e. The Balaban J connectivity index is 1.85. The minimum absolute atomic E-state index is 0.149. The normalized spacial score (nSPS) is 28.0. The van der Waals surface area contributed by atoms with E-state index in [1.54, 1.807) is 0 Å². The molecule has 108 valence electrons. The zero-order chi connectivity index (χ0) is 14.5. The van der Waals surface area contributed by atoms with Crippen molar-refractivity contribution in [2.75, 3.05) is 6.54 Å². The molecule has 0 saturated carbocycles. The van der Waals surface area contributed by atoms with Crippen molar-refractivity contribution >= 4 is 6.09 Å². The standard InChI is InChI=1S/C13H14F2N2O3/c1-7-3-13(6-17(7)12(18)19)4-8-2-9(11(14)15)16-5-10(8)20-13/h2,5,7,11H,3-4,6H2,1H3,(H,18,19)/t7-,13-/m0/s1. The zero-order valence-electron chi connectivity index (χ0n) is 10.8. The van der Waals surface area contributed by atoms with Crippen LogP contribution < -0.4 is 4.74 Å². The maximum absolute atomic E-state index is 12.6. The summed E-state index contributed by atoms with van der Waals surface area (Å²) in [6.07, 6.45) is -1.30. The van der Waals surface area contributed by atoms with Crippen molar-refractivity contribution in [2.45, 2.75) is 37.8 Å². The second kappa shape index (κ2) is 4.29. The molecule has 1 N–H and O–H groups in total. The van der Waals surface area contributed by atoms with Crippen LogP contribution in [0, 0.1) is 0 Å². The van der Waals surface area contributed by atoms with Crippen LogP contribution in [0.1, 0.15) is 31.0 Å². The van der Waals surface area contributed by atoms with Crippen molar-refractivity contribution in [1.29, 1.82) is 0 Å². The highest BCUT2D eigenvalue weighted by atomic mass is 19.3. The molecule has 1 aromatic rings. The van der Waals surface area contributed by atoms with E-state index in [4.69, 9.17) is 9.84 Å². The summed E-state index contributed by atoms with van der Waals surface area (Å²) >= 11 is 0. The summed E-state index contributed by atoms with van der Waals surface area (Å²) < 4.78 is 31.1. The predicted octanol–water partition coefficient (Wildman–Crippen LogP) is 2.47. The Hall–Kier alpha value is -1.92. The van der Waals surface area contributed by atoms with Gasteiger partial charge in [0, 0.05) is 24.4 Å². The van der Waals surface area contributed by atoms with Gasteiger partial charge in [-0.1, -0.05) is 0 Å². The van der Waals surface area contributed by atoms with Gasteiger partial charge in [0.15, 0.2) is 0 Å². The van der Waals surface area contributed by atoms with E-state index < -0.39 is 18.1 Å². The van der Waals surface area contributed by atoms with Crippen LogP contribution in [0.4, 0.5) is 13.6 Å². The number of likely N-dealkylation sites (tertiary alicyclic amines) is 1. The van der Waals surface area contributed by atoms with Crippen molar-refractivity contribution in [1.82, 2.24) is 9.88 Å². The summed E-state index contributed by atoms with van der Waals surface area (Å²) in [6, 6.07) is 1.20. The molecule has 1 saturated heterocycles. The van der Waals surface area contributed by atoms with Gasteiger partial charge in [-0.05, 0) is 13.0 Å². The second-order valence-electron chi connectivity index (χ2n) is 5.44. The van der Waals surface area contributed by atoms with Gasteiger partial charge < -0.3 is 14.7 Å². The van der Waals surface area contributed by atoms with Gasteiger partial charge in [-0.15, -0.1) is 0 Å². The molecule has 1 fully saturated rings. The van der Waals surface area contributed by atoms with E-state index in [0.29, 0.717) is 24.2 Å². The molecule has 3 rings (SSSR count). The first-order valence-electron chi connectivity index (χ1n) is 6.36. The molecular weight excluding hydrogens is 270 g/mol.